The average molecular weight is 331 g/mol. The fourth-order valence-electron chi connectivity index (χ4n) is 1.03. The van der Waals surface area contributed by atoms with Crippen LogP contribution in [0.1, 0.15) is 11.6 Å². The van der Waals surface area contributed by atoms with Gasteiger partial charge in [0, 0.05) is 14.5 Å². The van der Waals surface area contributed by atoms with Gasteiger partial charge in [0.05, 0.1) is 6.04 Å². The van der Waals surface area contributed by atoms with Gasteiger partial charge in [0.15, 0.2) is 0 Å². The maximum Gasteiger partial charge on any atom is 0.257 e. The summed E-state index contributed by atoms with van der Waals surface area (Å²) in [5, 5.41) is 9.42. The summed E-state index contributed by atoms with van der Waals surface area (Å²) in [6, 6.07) is 1.39. The summed E-state index contributed by atoms with van der Waals surface area (Å²) in [4.78, 5) is 0. The molecule has 14 heavy (non-hydrogen) atoms. The van der Waals surface area contributed by atoms with E-state index in [1.807, 2.05) is 0 Å². The maximum absolute atomic E-state index is 12.3. The minimum Gasteiger partial charge on any atom is -0.508 e. The van der Waals surface area contributed by atoms with Gasteiger partial charge in [-0.1, -0.05) is 31.9 Å². The fraction of sp³-hybridized carbons (Fsp3) is 0.250. The molecule has 0 aliphatic rings. The van der Waals surface area contributed by atoms with Crippen molar-refractivity contribution in [1.29, 1.82) is 0 Å². The average Bonchev–Trinajstić information content (AvgIpc) is 2.01. The van der Waals surface area contributed by atoms with Crippen LogP contribution in [0.3, 0.4) is 0 Å². The summed E-state index contributed by atoms with van der Waals surface area (Å²) in [5.74, 6) is -0.251. The fourth-order valence-corrected chi connectivity index (χ4v) is 2.49. The Morgan fingerprint density at radius 3 is 2.29 bits per heavy atom. The van der Waals surface area contributed by atoms with Crippen molar-refractivity contribution in [2.45, 2.75) is 12.5 Å². The number of aromatic hydroxyl groups is 1. The third-order valence-corrected chi connectivity index (χ3v) is 2.79. The second-order valence-corrected chi connectivity index (χ2v) is 4.45. The van der Waals surface area contributed by atoms with Crippen LogP contribution in [0.25, 0.3) is 0 Å². The Bertz CT molecular complexity index is 323. The van der Waals surface area contributed by atoms with Crippen molar-refractivity contribution in [2.24, 2.45) is 5.73 Å². The summed E-state index contributed by atoms with van der Waals surface area (Å²) >= 11 is 6.18. The molecule has 0 aromatic heterocycles. The zero-order chi connectivity index (χ0) is 10.9. The molecule has 1 atom stereocenters. The van der Waals surface area contributed by atoms with Gasteiger partial charge in [0.1, 0.15) is 5.75 Å². The summed E-state index contributed by atoms with van der Waals surface area (Å²) in [5.41, 5.74) is 5.25. The number of phenols is 1. The summed E-state index contributed by atoms with van der Waals surface area (Å²) in [7, 11) is 0. The lowest BCUT2D eigenvalue weighted by Crippen LogP contribution is -2.19. The third kappa shape index (κ3) is 2.43. The highest BCUT2D eigenvalue weighted by atomic mass is 79.9. The molecule has 1 rings (SSSR count). The minimum absolute atomic E-state index is 0.0169. The van der Waals surface area contributed by atoms with Crippen LogP contribution in [-0.4, -0.2) is 11.5 Å². The van der Waals surface area contributed by atoms with Crippen molar-refractivity contribution in [3.05, 3.63) is 26.6 Å². The molecule has 0 aliphatic carbocycles. The Hall–Kier alpha value is -0.200. The Kier molecular flexibility index (Phi) is 3.86. The normalized spacial score (nSPS) is 13.3. The first-order chi connectivity index (χ1) is 6.43. The highest BCUT2D eigenvalue weighted by Gasteiger charge is 2.23. The number of hydrogen-bond donors (Lipinski definition) is 2. The van der Waals surface area contributed by atoms with Crippen LogP contribution >= 0.6 is 31.9 Å². The molecule has 0 saturated heterocycles. The Labute approximate surface area is 96.4 Å². The van der Waals surface area contributed by atoms with Gasteiger partial charge in [0.25, 0.3) is 6.43 Å². The summed E-state index contributed by atoms with van der Waals surface area (Å²) < 4.78 is 25.6. The zero-order valence-electron chi connectivity index (χ0n) is 6.85. The van der Waals surface area contributed by atoms with Crippen LogP contribution in [0.5, 0.6) is 5.75 Å². The van der Waals surface area contributed by atoms with Gasteiger partial charge in [-0.15, -0.1) is 0 Å². The third-order valence-electron chi connectivity index (χ3n) is 1.68. The minimum atomic E-state index is -2.71. The molecular weight excluding hydrogens is 324 g/mol. The second-order valence-electron chi connectivity index (χ2n) is 2.68. The molecule has 78 valence electrons. The molecule has 6 heteroatoms. The first kappa shape index (κ1) is 11.9. The molecule has 1 aromatic carbocycles. The number of alkyl halides is 2. The highest BCUT2D eigenvalue weighted by Crippen LogP contribution is 2.36. The second kappa shape index (κ2) is 4.55. The van der Waals surface area contributed by atoms with Gasteiger partial charge in [-0.3, -0.25) is 0 Å². The number of benzene rings is 1. The van der Waals surface area contributed by atoms with Crippen molar-refractivity contribution >= 4 is 31.9 Å². The quantitative estimate of drug-likeness (QED) is 0.874. The molecule has 0 spiro atoms. The van der Waals surface area contributed by atoms with E-state index in [2.05, 4.69) is 31.9 Å². The van der Waals surface area contributed by atoms with Gasteiger partial charge < -0.3 is 10.8 Å². The van der Waals surface area contributed by atoms with E-state index in [0.29, 0.717) is 8.95 Å². The number of hydrogen-bond acceptors (Lipinski definition) is 2. The van der Waals surface area contributed by atoms with Crippen LogP contribution in [-0.2, 0) is 0 Å². The van der Waals surface area contributed by atoms with E-state index in [4.69, 9.17) is 5.73 Å². The van der Waals surface area contributed by atoms with E-state index in [9.17, 15) is 13.9 Å². The molecule has 0 fully saturated rings. The van der Waals surface area contributed by atoms with Crippen LogP contribution in [0.2, 0.25) is 0 Å². The van der Waals surface area contributed by atoms with Gasteiger partial charge in [-0.2, -0.15) is 0 Å². The largest absolute Gasteiger partial charge is 0.508 e. The van der Waals surface area contributed by atoms with Gasteiger partial charge in [0.2, 0.25) is 0 Å². The lowest BCUT2D eigenvalue weighted by molar-refractivity contribution is 0.115. The van der Waals surface area contributed by atoms with Crippen molar-refractivity contribution in [3.63, 3.8) is 0 Å². The number of nitrogens with two attached hydrogens (primary N) is 1. The Balaban J connectivity index is 3.20. The molecule has 2 nitrogen and oxygen atoms in total. The van der Waals surface area contributed by atoms with E-state index >= 15 is 0 Å². The predicted molar refractivity (Wildman–Crippen MR) is 56.4 cm³/mol. The van der Waals surface area contributed by atoms with Gasteiger partial charge >= 0.3 is 0 Å². The van der Waals surface area contributed by atoms with Crippen LogP contribution in [0.15, 0.2) is 21.1 Å². The topological polar surface area (TPSA) is 46.2 Å². The molecule has 0 amide bonds. The van der Waals surface area contributed by atoms with Crippen LogP contribution < -0.4 is 5.73 Å². The molecule has 0 heterocycles. The Morgan fingerprint density at radius 2 is 1.86 bits per heavy atom. The first-order valence-corrected chi connectivity index (χ1v) is 5.23. The monoisotopic (exact) mass is 329 g/mol. The zero-order valence-corrected chi connectivity index (χ0v) is 10.0. The first-order valence-electron chi connectivity index (χ1n) is 3.65. The molecular formula is C8H7Br2F2NO. The lowest BCUT2D eigenvalue weighted by atomic mass is 10.1. The highest BCUT2D eigenvalue weighted by molar-refractivity contribution is 9.11. The molecule has 0 aliphatic heterocycles. The number of phenolic OH excluding ortho intramolecular Hbond substituents is 1. The van der Waals surface area contributed by atoms with Crippen molar-refractivity contribution in [3.8, 4) is 5.75 Å². The molecule has 0 bridgehead atoms. The van der Waals surface area contributed by atoms with Crippen molar-refractivity contribution < 1.29 is 13.9 Å². The standard InChI is InChI=1S/C8H7Br2F2NO/c9-3-1-4(10)6(5(14)2-3)7(13)8(11)12/h1-2,7-8,14H,13H2/t7-/m1/s1. The van der Waals surface area contributed by atoms with Crippen molar-refractivity contribution in [1.82, 2.24) is 0 Å². The lowest BCUT2D eigenvalue weighted by Gasteiger charge is -2.14. The molecule has 0 saturated carbocycles. The van der Waals surface area contributed by atoms with Crippen LogP contribution in [0.4, 0.5) is 8.78 Å². The Morgan fingerprint density at radius 1 is 1.29 bits per heavy atom. The predicted octanol–water partition coefficient (Wildman–Crippen LogP) is 3.18. The SMILES string of the molecule is N[C@H](c1c(O)cc(Br)cc1Br)C(F)F. The smallest absolute Gasteiger partial charge is 0.257 e. The van der Waals surface area contributed by atoms with E-state index in [-0.39, 0.29) is 11.3 Å². The summed E-state index contributed by atoms with van der Waals surface area (Å²) in [6.07, 6.45) is -2.71. The number of rotatable bonds is 2. The van der Waals surface area contributed by atoms with E-state index in [1.54, 1.807) is 6.07 Å². The maximum atomic E-state index is 12.3. The summed E-state index contributed by atoms with van der Waals surface area (Å²) in [6.45, 7) is 0. The van der Waals surface area contributed by atoms with E-state index in [0.717, 1.165) is 0 Å². The molecule has 0 radical (unpaired) electrons. The van der Waals surface area contributed by atoms with E-state index < -0.39 is 12.5 Å². The molecule has 0 unspecified atom stereocenters. The van der Waals surface area contributed by atoms with E-state index in [1.165, 1.54) is 6.07 Å². The van der Waals surface area contributed by atoms with Gasteiger partial charge in [-0.05, 0) is 12.1 Å². The molecule has 1 aromatic rings. The van der Waals surface area contributed by atoms with Gasteiger partial charge in [-0.25, -0.2) is 8.78 Å². The molecule has 3 N–H and O–H groups in total. The van der Waals surface area contributed by atoms with Crippen LogP contribution in [0, 0.1) is 0 Å². The van der Waals surface area contributed by atoms with Crippen molar-refractivity contribution in [2.75, 3.05) is 0 Å². The number of halogens is 4.